The molecule has 1 aliphatic carbocycles. The molecule has 1 aromatic rings. The molecule has 20 heavy (non-hydrogen) atoms. The zero-order valence-electron chi connectivity index (χ0n) is 11.6. The van der Waals surface area contributed by atoms with Crippen molar-refractivity contribution in [3.05, 3.63) is 29.6 Å². The van der Waals surface area contributed by atoms with Gasteiger partial charge in [-0.3, -0.25) is 4.98 Å². The van der Waals surface area contributed by atoms with Crippen LogP contribution in [0.5, 0.6) is 0 Å². The summed E-state index contributed by atoms with van der Waals surface area (Å²) in [7, 11) is 3.61. The average molecular weight is 288 g/mol. The van der Waals surface area contributed by atoms with E-state index in [9.17, 15) is 18.3 Å². The highest BCUT2D eigenvalue weighted by Crippen LogP contribution is 2.46. The Balaban J connectivity index is 2.45. The lowest BCUT2D eigenvalue weighted by atomic mass is 9.83. The second-order valence-electron chi connectivity index (χ2n) is 5.57. The molecule has 0 aliphatic heterocycles. The molecule has 3 nitrogen and oxygen atoms in total. The molecule has 0 saturated heterocycles. The monoisotopic (exact) mass is 288 g/mol. The second kappa shape index (κ2) is 5.33. The number of alkyl halides is 3. The van der Waals surface area contributed by atoms with Crippen LogP contribution in [0.3, 0.4) is 0 Å². The molecule has 1 unspecified atom stereocenters. The fourth-order valence-electron chi connectivity index (χ4n) is 3.12. The Morgan fingerprint density at radius 3 is 2.40 bits per heavy atom. The number of halogens is 3. The lowest BCUT2D eigenvalue weighted by Crippen LogP contribution is -2.47. The van der Waals surface area contributed by atoms with Gasteiger partial charge in [0, 0.05) is 18.0 Å². The summed E-state index contributed by atoms with van der Waals surface area (Å²) in [6.07, 6.45) is -0.224. The lowest BCUT2D eigenvalue weighted by molar-refractivity contribution is -0.140. The first-order valence-corrected chi connectivity index (χ1v) is 6.65. The van der Waals surface area contributed by atoms with Crippen molar-refractivity contribution in [2.45, 2.75) is 43.5 Å². The number of pyridine rings is 1. The van der Waals surface area contributed by atoms with Crippen molar-refractivity contribution in [1.82, 2.24) is 9.88 Å². The first-order chi connectivity index (χ1) is 9.29. The van der Waals surface area contributed by atoms with E-state index in [4.69, 9.17) is 0 Å². The Bertz CT molecular complexity index is 468. The molecule has 112 valence electrons. The van der Waals surface area contributed by atoms with E-state index in [1.807, 2.05) is 4.90 Å². The number of hydrogen-bond acceptors (Lipinski definition) is 3. The Kier molecular flexibility index (Phi) is 4.07. The van der Waals surface area contributed by atoms with Crippen LogP contribution < -0.4 is 0 Å². The van der Waals surface area contributed by atoms with Crippen LogP contribution in [0.25, 0.3) is 0 Å². The van der Waals surface area contributed by atoms with Gasteiger partial charge in [0.05, 0.1) is 17.2 Å². The van der Waals surface area contributed by atoms with Crippen molar-refractivity contribution in [1.29, 1.82) is 0 Å². The van der Waals surface area contributed by atoms with Crippen molar-refractivity contribution >= 4 is 0 Å². The lowest BCUT2D eigenvalue weighted by Gasteiger charge is -2.41. The third-order valence-electron chi connectivity index (χ3n) is 4.32. The van der Waals surface area contributed by atoms with Gasteiger partial charge in [0.15, 0.2) is 0 Å². The molecule has 0 bridgehead atoms. The molecule has 1 aromatic heterocycles. The Morgan fingerprint density at radius 2 is 1.90 bits per heavy atom. The van der Waals surface area contributed by atoms with Crippen LogP contribution in [0.4, 0.5) is 13.2 Å². The molecular weight excluding hydrogens is 269 g/mol. The number of likely N-dealkylation sites (N-methyl/N-ethyl adjacent to an activating group) is 1. The first-order valence-electron chi connectivity index (χ1n) is 6.65. The maximum absolute atomic E-state index is 13.1. The predicted octanol–water partition coefficient (Wildman–Crippen LogP) is 3.01. The van der Waals surface area contributed by atoms with Crippen LogP contribution in [0.15, 0.2) is 18.5 Å². The topological polar surface area (TPSA) is 36.4 Å². The summed E-state index contributed by atoms with van der Waals surface area (Å²) in [4.78, 5) is 5.61. The van der Waals surface area contributed by atoms with E-state index in [2.05, 4.69) is 4.98 Å². The zero-order valence-corrected chi connectivity index (χ0v) is 11.6. The number of nitrogens with zero attached hydrogens (tertiary/aromatic N) is 2. The standard InChI is InChI=1S/C14H19F3N2O/c1-19(2)13(6-3-4-7-13)12(20)10-9-18-8-5-11(10)14(15,16)17/h5,8-9,12,20H,3-4,6-7H2,1-2H3. The number of aromatic nitrogens is 1. The summed E-state index contributed by atoms with van der Waals surface area (Å²) >= 11 is 0. The molecule has 1 saturated carbocycles. The average Bonchev–Trinajstić information content (AvgIpc) is 2.87. The van der Waals surface area contributed by atoms with Gasteiger partial charge < -0.3 is 10.0 Å². The van der Waals surface area contributed by atoms with Crippen molar-refractivity contribution in [3.63, 3.8) is 0 Å². The van der Waals surface area contributed by atoms with Gasteiger partial charge in [-0.05, 0) is 33.0 Å². The summed E-state index contributed by atoms with van der Waals surface area (Å²) < 4.78 is 39.2. The smallest absolute Gasteiger partial charge is 0.386 e. The minimum Gasteiger partial charge on any atom is -0.386 e. The normalized spacial score (nSPS) is 20.4. The number of aliphatic hydroxyl groups is 1. The minimum absolute atomic E-state index is 0.129. The number of aliphatic hydroxyl groups excluding tert-OH is 1. The van der Waals surface area contributed by atoms with Gasteiger partial charge in [-0.2, -0.15) is 13.2 Å². The summed E-state index contributed by atoms with van der Waals surface area (Å²) in [5, 5.41) is 10.6. The van der Waals surface area contributed by atoms with Crippen LogP contribution in [0.2, 0.25) is 0 Å². The van der Waals surface area contributed by atoms with E-state index in [-0.39, 0.29) is 5.56 Å². The largest absolute Gasteiger partial charge is 0.416 e. The maximum Gasteiger partial charge on any atom is 0.416 e. The Labute approximate surface area is 116 Å². The molecule has 1 N–H and O–H groups in total. The summed E-state index contributed by atoms with van der Waals surface area (Å²) in [5.41, 5.74) is -1.56. The molecule has 0 amide bonds. The van der Waals surface area contributed by atoms with E-state index in [1.54, 1.807) is 14.1 Å². The van der Waals surface area contributed by atoms with E-state index in [0.29, 0.717) is 12.8 Å². The molecule has 1 heterocycles. The van der Waals surface area contributed by atoms with Crippen molar-refractivity contribution < 1.29 is 18.3 Å². The second-order valence-corrected chi connectivity index (χ2v) is 5.57. The van der Waals surface area contributed by atoms with Crippen molar-refractivity contribution in [3.8, 4) is 0 Å². The highest BCUT2D eigenvalue weighted by molar-refractivity contribution is 5.31. The highest BCUT2D eigenvalue weighted by atomic mass is 19.4. The van der Waals surface area contributed by atoms with Crippen LogP contribution in [0.1, 0.15) is 42.9 Å². The summed E-state index contributed by atoms with van der Waals surface area (Å²) in [6, 6.07) is 0.927. The Hall–Kier alpha value is -1.14. The molecule has 0 spiro atoms. The van der Waals surface area contributed by atoms with Crippen molar-refractivity contribution in [2.24, 2.45) is 0 Å². The molecule has 0 radical (unpaired) electrons. The van der Waals surface area contributed by atoms with Gasteiger partial charge in [0.2, 0.25) is 0 Å². The zero-order chi connectivity index (χ0) is 15.0. The van der Waals surface area contributed by atoms with Gasteiger partial charge >= 0.3 is 6.18 Å². The highest BCUT2D eigenvalue weighted by Gasteiger charge is 2.46. The molecular formula is C14H19F3N2O. The fraction of sp³-hybridized carbons (Fsp3) is 0.643. The van der Waals surface area contributed by atoms with Gasteiger partial charge in [-0.15, -0.1) is 0 Å². The maximum atomic E-state index is 13.1. The molecule has 2 rings (SSSR count). The van der Waals surface area contributed by atoms with Crippen LogP contribution in [-0.2, 0) is 6.18 Å². The molecule has 1 aliphatic rings. The first kappa shape index (κ1) is 15.3. The van der Waals surface area contributed by atoms with Crippen LogP contribution in [0, 0.1) is 0 Å². The molecule has 6 heteroatoms. The van der Waals surface area contributed by atoms with Gasteiger partial charge in [0.25, 0.3) is 0 Å². The summed E-state index contributed by atoms with van der Waals surface area (Å²) in [6.45, 7) is 0. The third-order valence-corrected chi connectivity index (χ3v) is 4.32. The van der Waals surface area contributed by atoms with E-state index < -0.39 is 23.4 Å². The number of rotatable bonds is 3. The van der Waals surface area contributed by atoms with Gasteiger partial charge in [0.1, 0.15) is 0 Å². The van der Waals surface area contributed by atoms with Crippen LogP contribution in [-0.4, -0.2) is 34.6 Å². The predicted molar refractivity (Wildman–Crippen MR) is 69.1 cm³/mol. The molecule has 1 fully saturated rings. The van der Waals surface area contributed by atoms with Crippen molar-refractivity contribution in [2.75, 3.05) is 14.1 Å². The summed E-state index contributed by atoms with van der Waals surface area (Å²) in [5.74, 6) is 0. The van der Waals surface area contributed by atoms with E-state index in [1.165, 1.54) is 0 Å². The third kappa shape index (κ3) is 2.54. The van der Waals surface area contributed by atoms with E-state index in [0.717, 1.165) is 31.3 Å². The Morgan fingerprint density at radius 1 is 1.30 bits per heavy atom. The SMILES string of the molecule is CN(C)C1(C(O)c2cnccc2C(F)(F)F)CCCC1. The van der Waals surface area contributed by atoms with Gasteiger partial charge in [-0.25, -0.2) is 0 Å². The molecule has 1 atom stereocenters. The number of hydrogen-bond donors (Lipinski definition) is 1. The van der Waals surface area contributed by atoms with Gasteiger partial charge in [-0.1, -0.05) is 12.8 Å². The quantitative estimate of drug-likeness (QED) is 0.929. The van der Waals surface area contributed by atoms with E-state index >= 15 is 0 Å². The fourth-order valence-corrected chi connectivity index (χ4v) is 3.12. The minimum atomic E-state index is -4.48. The van der Waals surface area contributed by atoms with Crippen LogP contribution >= 0.6 is 0 Å². The molecule has 0 aromatic carbocycles.